The van der Waals surface area contributed by atoms with Gasteiger partial charge < -0.3 is 10.1 Å². The maximum absolute atomic E-state index is 13.5. The molecule has 3 heteroatoms. The molecule has 0 bridgehead atoms. The molecule has 0 saturated heterocycles. The predicted molar refractivity (Wildman–Crippen MR) is 49.9 cm³/mol. The van der Waals surface area contributed by atoms with Gasteiger partial charge in [0.1, 0.15) is 11.9 Å². The third kappa shape index (κ3) is 1.34. The average Bonchev–Trinajstić information content (AvgIpc) is 2.17. The van der Waals surface area contributed by atoms with Crippen molar-refractivity contribution in [3.05, 3.63) is 23.8 Å². The molecule has 0 amide bonds. The van der Waals surface area contributed by atoms with Gasteiger partial charge >= 0.3 is 0 Å². The topological polar surface area (TPSA) is 21.3 Å². The van der Waals surface area contributed by atoms with Crippen molar-refractivity contribution in [1.82, 2.24) is 0 Å². The number of alkyl halides is 1. The molecular formula is C10H12FNO. The molecule has 70 valence electrons. The lowest BCUT2D eigenvalue weighted by atomic mass is 10.0. The second-order valence-electron chi connectivity index (χ2n) is 3.10. The van der Waals surface area contributed by atoms with Crippen molar-refractivity contribution in [3.63, 3.8) is 0 Å². The summed E-state index contributed by atoms with van der Waals surface area (Å²) in [6, 6.07) is 5.53. The fourth-order valence-electron chi connectivity index (χ4n) is 1.68. The molecule has 1 N–H and O–H groups in total. The first-order chi connectivity index (χ1) is 6.33. The molecule has 0 aromatic heterocycles. The maximum Gasteiger partial charge on any atom is 0.132 e. The van der Waals surface area contributed by atoms with Crippen LogP contribution in [0.25, 0.3) is 0 Å². The number of hydrogen-bond donors (Lipinski definition) is 1. The zero-order valence-electron chi connectivity index (χ0n) is 7.51. The Morgan fingerprint density at radius 1 is 1.54 bits per heavy atom. The van der Waals surface area contributed by atoms with E-state index in [1.165, 1.54) is 0 Å². The van der Waals surface area contributed by atoms with Gasteiger partial charge in [0.15, 0.2) is 0 Å². The molecule has 0 aliphatic carbocycles. The number of fused-ring (bicyclic) bond motifs is 1. The number of ether oxygens (including phenoxy) is 1. The predicted octanol–water partition coefficient (Wildman–Crippen LogP) is 2.52. The maximum atomic E-state index is 13.5. The van der Waals surface area contributed by atoms with E-state index in [0.717, 1.165) is 5.69 Å². The third-order valence-electron chi connectivity index (χ3n) is 2.31. The van der Waals surface area contributed by atoms with Crippen molar-refractivity contribution in [2.45, 2.75) is 12.6 Å². The highest BCUT2D eigenvalue weighted by Gasteiger charge is 2.22. The molecule has 1 unspecified atom stereocenters. The zero-order valence-corrected chi connectivity index (χ0v) is 7.51. The molecule has 0 spiro atoms. The number of nitrogens with one attached hydrogen (secondary N) is 1. The standard InChI is InChI=1S/C10H12FNO/c1-13-9-4-2-3-8-10(9)7(11)5-6-12-8/h2-4,7,12H,5-6H2,1H3. The Morgan fingerprint density at radius 2 is 2.38 bits per heavy atom. The van der Waals surface area contributed by atoms with Gasteiger partial charge in [0, 0.05) is 18.7 Å². The Labute approximate surface area is 76.7 Å². The van der Waals surface area contributed by atoms with Crippen LogP contribution in [0.4, 0.5) is 10.1 Å². The number of halogens is 1. The minimum absolute atomic E-state index is 0.521. The number of anilines is 1. The lowest BCUT2D eigenvalue weighted by molar-refractivity contribution is 0.308. The summed E-state index contributed by atoms with van der Waals surface area (Å²) in [6.45, 7) is 0.696. The van der Waals surface area contributed by atoms with Crippen LogP contribution in [0.2, 0.25) is 0 Å². The molecule has 0 saturated carbocycles. The molecular weight excluding hydrogens is 169 g/mol. The summed E-state index contributed by atoms with van der Waals surface area (Å²) >= 11 is 0. The van der Waals surface area contributed by atoms with Gasteiger partial charge in [-0.05, 0) is 12.1 Å². The van der Waals surface area contributed by atoms with Gasteiger partial charge in [-0.15, -0.1) is 0 Å². The van der Waals surface area contributed by atoms with E-state index in [-0.39, 0.29) is 0 Å². The van der Waals surface area contributed by atoms with E-state index in [2.05, 4.69) is 5.32 Å². The summed E-state index contributed by atoms with van der Waals surface area (Å²) in [4.78, 5) is 0. The van der Waals surface area contributed by atoms with Gasteiger partial charge in [-0.1, -0.05) is 6.07 Å². The molecule has 2 nitrogen and oxygen atoms in total. The van der Waals surface area contributed by atoms with E-state index in [9.17, 15) is 4.39 Å². The molecule has 1 heterocycles. The van der Waals surface area contributed by atoms with Crippen LogP contribution in [0.5, 0.6) is 5.75 Å². The van der Waals surface area contributed by atoms with E-state index >= 15 is 0 Å². The minimum Gasteiger partial charge on any atom is -0.496 e. The van der Waals surface area contributed by atoms with Crippen molar-refractivity contribution in [3.8, 4) is 5.75 Å². The van der Waals surface area contributed by atoms with Crippen molar-refractivity contribution < 1.29 is 9.13 Å². The van der Waals surface area contributed by atoms with Gasteiger partial charge in [0.2, 0.25) is 0 Å². The van der Waals surface area contributed by atoms with E-state index in [1.54, 1.807) is 13.2 Å². The Balaban J connectivity index is 2.50. The molecule has 0 radical (unpaired) electrons. The first-order valence-corrected chi connectivity index (χ1v) is 4.38. The molecule has 1 aromatic carbocycles. The second kappa shape index (κ2) is 3.24. The van der Waals surface area contributed by atoms with Crippen LogP contribution >= 0.6 is 0 Å². The van der Waals surface area contributed by atoms with Crippen molar-refractivity contribution in [1.29, 1.82) is 0 Å². The Bertz CT molecular complexity index is 300. The molecule has 1 aromatic rings. The van der Waals surface area contributed by atoms with E-state index in [1.807, 2.05) is 12.1 Å². The van der Waals surface area contributed by atoms with Crippen LogP contribution < -0.4 is 10.1 Å². The van der Waals surface area contributed by atoms with Crippen molar-refractivity contribution in [2.24, 2.45) is 0 Å². The highest BCUT2D eigenvalue weighted by Crippen LogP contribution is 2.38. The quantitative estimate of drug-likeness (QED) is 0.718. The van der Waals surface area contributed by atoms with Crippen LogP contribution in [0.3, 0.4) is 0 Å². The number of benzene rings is 1. The first kappa shape index (κ1) is 8.35. The molecule has 1 atom stereocenters. The van der Waals surface area contributed by atoms with E-state index < -0.39 is 6.17 Å². The van der Waals surface area contributed by atoms with Crippen LogP contribution in [0.1, 0.15) is 18.2 Å². The molecule has 1 aliphatic heterocycles. The summed E-state index contributed by atoms with van der Waals surface area (Å²) in [6.07, 6.45) is -0.375. The Morgan fingerprint density at radius 3 is 3.15 bits per heavy atom. The highest BCUT2D eigenvalue weighted by atomic mass is 19.1. The molecule has 2 rings (SSSR count). The lowest BCUT2D eigenvalue weighted by Crippen LogP contribution is -2.14. The molecule has 1 aliphatic rings. The Hall–Kier alpha value is -1.25. The van der Waals surface area contributed by atoms with Gasteiger partial charge in [0.25, 0.3) is 0 Å². The Kier molecular flexibility index (Phi) is 2.08. The van der Waals surface area contributed by atoms with Crippen LogP contribution in [0, 0.1) is 0 Å². The van der Waals surface area contributed by atoms with Crippen LogP contribution in [0.15, 0.2) is 18.2 Å². The van der Waals surface area contributed by atoms with E-state index in [4.69, 9.17) is 4.74 Å². The van der Waals surface area contributed by atoms with Gasteiger partial charge in [-0.2, -0.15) is 0 Å². The largest absolute Gasteiger partial charge is 0.496 e. The van der Waals surface area contributed by atoms with Gasteiger partial charge in [-0.3, -0.25) is 0 Å². The summed E-state index contributed by atoms with van der Waals surface area (Å²) in [5.74, 6) is 0.636. The van der Waals surface area contributed by atoms with Crippen molar-refractivity contribution >= 4 is 5.69 Å². The summed E-state index contributed by atoms with van der Waals surface area (Å²) in [7, 11) is 1.57. The third-order valence-corrected chi connectivity index (χ3v) is 2.31. The fraction of sp³-hybridized carbons (Fsp3) is 0.400. The summed E-state index contributed by atoms with van der Waals surface area (Å²) in [5.41, 5.74) is 1.52. The monoisotopic (exact) mass is 181 g/mol. The normalized spacial score (nSPS) is 20.3. The van der Waals surface area contributed by atoms with Gasteiger partial charge in [0.05, 0.1) is 12.7 Å². The minimum atomic E-state index is -0.896. The number of methoxy groups -OCH3 is 1. The smallest absolute Gasteiger partial charge is 0.132 e. The SMILES string of the molecule is COc1cccc2c1C(F)CCN2. The van der Waals surface area contributed by atoms with Crippen LogP contribution in [-0.2, 0) is 0 Å². The summed E-state index contributed by atoms with van der Waals surface area (Å²) in [5, 5.41) is 3.15. The number of hydrogen-bond acceptors (Lipinski definition) is 2. The fourth-order valence-corrected chi connectivity index (χ4v) is 1.68. The second-order valence-corrected chi connectivity index (χ2v) is 3.10. The van der Waals surface area contributed by atoms with Crippen LogP contribution in [-0.4, -0.2) is 13.7 Å². The zero-order chi connectivity index (χ0) is 9.26. The summed E-state index contributed by atoms with van der Waals surface area (Å²) < 4.78 is 18.6. The first-order valence-electron chi connectivity index (χ1n) is 4.38. The van der Waals surface area contributed by atoms with Crippen molar-refractivity contribution in [2.75, 3.05) is 19.0 Å². The highest BCUT2D eigenvalue weighted by molar-refractivity contribution is 5.60. The number of rotatable bonds is 1. The van der Waals surface area contributed by atoms with E-state index in [0.29, 0.717) is 24.3 Å². The molecule has 0 fully saturated rings. The van der Waals surface area contributed by atoms with Gasteiger partial charge in [-0.25, -0.2) is 4.39 Å². The lowest BCUT2D eigenvalue weighted by Gasteiger charge is -2.23. The average molecular weight is 181 g/mol. The molecule has 13 heavy (non-hydrogen) atoms.